The molecule has 1 aliphatic rings. The van der Waals surface area contributed by atoms with E-state index in [9.17, 15) is 13.2 Å². The predicted molar refractivity (Wildman–Crippen MR) is 69.6 cm³/mol. The average molecular weight is 289 g/mol. The summed E-state index contributed by atoms with van der Waals surface area (Å²) < 4.78 is 44.6. The van der Waals surface area contributed by atoms with Crippen LogP contribution in [0.2, 0.25) is 0 Å². The summed E-state index contributed by atoms with van der Waals surface area (Å²) in [5, 5.41) is 9.02. The molecule has 1 aliphatic carbocycles. The maximum absolute atomic E-state index is 13.2. The second-order valence-electron chi connectivity index (χ2n) is 4.92. The lowest BCUT2D eigenvalue weighted by molar-refractivity contribution is -0.137. The zero-order valence-corrected chi connectivity index (χ0v) is 11.3. The number of nitrogens with zero attached hydrogens (tertiary/aromatic N) is 1. The van der Waals surface area contributed by atoms with Crippen LogP contribution in [0.15, 0.2) is 18.2 Å². The van der Waals surface area contributed by atoms with Crippen LogP contribution in [-0.2, 0) is 17.5 Å². The minimum absolute atomic E-state index is 0.159. The summed E-state index contributed by atoms with van der Waals surface area (Å²) in [6, 6.07) is 4.17. The lowest BCUT2D eigenvalue weighted by Gasteiger charge is -2.28. The summed E-state index contributed by atoms with van der Waals surface area (Å²) >= 11 is 0. The molecule has 0 heterocycles. The molecule has 0 spiro atoms. The Hall–Kier alpha value is -1.27. The number of benzene rings is 1. The molecule has 0 aromatic heterocycles. The number of rotatable bonds is 6. The number of halogens is 3. The van der Waals surface area contributed by atoms with E-state index in [0.29, 0.717) is 13.2 Å². The molecule has 20 heavy (non-hydrogen) atoms. The molecule has 0 saturated heterocycles. The first-order valence-electron chi connectivity index (χ1n) is 6.54. The molecule has 2 rings (SSSR count). The summed E-state index contributed by atoms with van der Waals surface area (Å²) in [6.07, 6.45) is -2.62. The molecule has 1 aromatic rings. The number of hydrogen-bond donors (Lipinski definition) is 1. The van der Waals surface area contributed by atoms with Crippen molar-refractivity contribution in [3.63, 3.8) is 0 Å². The van der Waals surface area contributed by atoms with Crippen molar-refractivity contribution in [3.8, 4) is 0 Å². The third-order valence-electron chi connectivity index (χ3n) is 3.38. The van der Waals surface area contributed by atoms with Crippen LogP contribution in [0.3, 0.4) is 0 Å². The molecule has 0 bridgehead atoms. The molecular formula is C14H18F3NO2. The van der Waals surface area contributed by atoms with Crippen molar-refractivity contribution in [2.75, 3.05) is 25.2 Å². The van der Waals surface area contributed by atoms with Gasteiger partial charge in [-0.15, -0.1) is 0 Å². The topological polar surface area (TPSA) is 32.7 Å². The van der Waals surface area contributed by atoms with Crippen LogP contribution in [-0.4, -0.2) is 31.4 Å². The smallest absolute Gasteiger partial charge is 0.392 e. The van der Waals surface area contributed by atoms with E-state index in [4.69, 9.17) is 9.84 Å². The van der Waals surface area contributed by atoms with Crippen molar-refractivity contribution < 1.29 is 23.0 Å². The third-order valence-corrected chi connectivity index (χ3v) is 3.38. The van der Waals surface area contributed by atoms with E-state index in [1.807, 2.05) is 0 Å². The zero-order valence-electron chi connectivity index (χ0n) is 11.3. The summed E-state index contributed by atoms with van der Waals surface area (Å²) in [6.45, 7) is 0.420. The first kappa shape index (κ1) is 15.1. The van der Waals surface area contributed by atoms with Gasteiger partial charge >= 0.3 is 6.18 Å². The number of methoxy groups -OCH3 is 1. The van der Waals surface area contributed by atoms with Crippen LogP contribution in [0.1, 0.15) is 24.0 Å². The first-order chi connectivity index (χ1) is 9.47. The van der Waals surface area contributed by atoms with Crippen LogP contribution in [0, 0.1) is 0 Å². The number of ether oxygens (including phenoxy) is 1. The van der Waals surface area contributed by atoms with Gasteiger partial charge in [-0.1, -0.05) is 6.07 Å². The number of anilines is 1. The van der Waals surface area contributed by atoms with E-state index >= 15 is 0 Å². The number of alkyl halides is 3. The third kappa shape index (κ3) is 3.43. The summed E-state index contributed by atoms with van der Waals surface area (Å²) in [7, 11) is 1.53. The second-order valence-corrected chi connectivity index (χ2v) is 4.92. The quantitative estimate of drug-likeness (QED) is 0.874. The van der Waals surface area contributed by atoms with Crippen LogP contribution < -0.4 is 4.90 Å². The Bertz CT molecular complexity index is 458. The summed E-state index contributed by atoms with van der Waals surface area (Å²) in [5.41, 5.74) is -0.245. The van der Waals surface area contributed by atoms with E-state index in [0.717, 1.165) is 18.9 Å². The predicted octanol–water partition coefficient (Wildman–Crippen LogP) is 2.81. The van der Waals surface area contributed by atoms with E-state index in [2.05, 4.69) is 0 Å². The van der Waals surface area contributed by atoms with Gasteiger partial charge in [-0.2, -0.15) is 13.2 Å². The highest BCUT2D eigenvalue weighted by atomic mass is 19.4. The summed E-state index contributed by atoms with van der Waals surface area (Å²) in [4.78, 5) is 1.76. The highest BCUT2D eigenvalue weighted by Gasteiger charge is 2.38. The van der Waals surface area contributed by atoms with Gasteiger partial charge in [0.15, 0.2) is 0 Å². The van der Waals surface area contributed by atoms with Gasteiger partial charge in [-0.05, 0) is 30.5 Å². The van der Waals surface area contributed by atoms with Crippen molar-refractivity contribution in [2.45, 2.75) is 31.7 Å². The maximum atomic E-state index is 13.2. The van der Waals surface area contributed by atoms with Gasteiger partial charge in [0.2, 0.25) is 0 Å². The zero-order chi connectivity index (χ0) is 14.8. The molecule has 1 saturated carbocycles. The van der Waals surface area contributed by atoms with Gasteiger partial charge < -0.3 is 14.7 Å². The first-order valence-corrected chi connectivity index (χ1v) is 6.54. The van der Waals surface area contributed by atoms with Crippen molar-refractivity contribution in [1.82, 2.24) is 0 Å². The standard InChI is InChI=1S/C14H18F3NO2/c1-20-7-6-18(11-3-4-11)13-5-2-10(9-19)8-12(13)14(15,16)17/h2,5,8,11,19H,3-4,6-7,9H2,1H3. The molecule has 0 radical (unpaired) electrons. The van der Waals surface area contributed by atoms with Gasteiger partial charge in [-0.25, -0.2) is 0 Å². The van der Waals surface area contributed by atoms with Crippen molar-refractivity contribution >= 4 is 5.69 Å². The normalized spacial score (nSPS) is 15.4. The Morgan fingerprint density at radius 3 is 2.55 bits per heavy atom. The molecule has 1 aromatic carbocycles. The highest BCUT2D eigenvalue weighted by Crippen LogP contribution is 2.41. The van der Waals surface area contributed by atoms with Crippen LogP contribution in [0.25, 0.3) is 0 Å². The molecule has 1 fully saturated rings. The lowest BCUT2D eigenvalue weighted by Crippen LogP contribution is -2.31. The molecule has 0 aliphatic heterocycles. The fourth-order valence-corrected chi connectivity index (χ4v) is 2.23. The Morgan fingerprint density at radius 1 is 1.35 bits per heavy atom. The Morgan fingerprint density at radius 2 is 2.05 bits per heavy atom. The van der Waals surface area contributed by atoms with E-state index in [1.54, 1.807) is 4.90 Å². The van der Waals surface area contributed by atoms with Gasteiger partial charge in [0.05, 0.1) is 18.8 Å². The van der Waals surface area contributed by atoms with Crippen LogP contribution >= 0.6 is 0 Å². The number of hydrogen-bond acceptors (Lipinski definition) is 3. The Labute approximate surface area is 116 Å². The van der Waals surface area contributed by atoms with Gasteiger partial charge in [-0.3, -0.25) is 0 Å². The highest BCUT2D eigenvalue weighted by molar-refractivity contribution is 5.58. The molecule has 112 valence electrons. The summed E-state index contributed by atoms with van der Waals surface area (Å²) in [5.74, 6) is 0. The largest absolute Gasteiger partial charge is 0.418 e. The monoisotopic (exact) mass is 289 g/mol. The Balaban J connectivity index is 2.37. The van der Waals surface area contributed by atoms with Gasteiger partial charge in [0, 0.05) is 25.4 Å². The number of aliphatic hydroxyl groups excluding tert-OH is 1. The molecule has 1 N–H and O–H groups in total. The van der Waals surface area contributed by atoms with Crippen LogP contribution in [0.4, 0.5) is 18.9 Å². The van der Waals surface area contributed by atoms with Gasteiger partial charge in [0.1, 0.15) is 0 Å². The molecule has 0 unspecified atom stereocenters. The maximum Gasteiger partial charge on any atom is 0.418 e. The van der Waals surface area contributed by atoms with Crippen molar-refractivity contribution in [1.29, 1.82) is 0 Å². The van der Waals surface area contributed by atoms with Crippen molar-refractivity contribution in [3.05, 3.63) is 29.3 Å². The molecule has 0 atom stereocenters. The molecule has 6 heteroatoms. The number of aliphatic hydroxyl groups is 1. The minimum atomic E-state index is -4.43. The fraction of sp³-hybridized carbons (Fsp3) is 0.571. The molecule has 3 nitrogen and oxygen atoms in total. The minimum Gasteiger partial charge on any atom is -0.392 e. The SMILES string of the molecule is COCCN(c1ccc(CO)cc1C(F)(F)F)C1CC1. The van der Waals surface area contributed by atoms with E-state index < -0.39 is 18.3 Å². The van der Waals surface area contributed by atoms with E-state index in [1.165, 1.54) is 19.2 Å². The lowest BCUT2D eigenvalue weighted by atomic mass is 10.1. The fourth-order valence-electron chi connectivity index (χ4n) is 2.23. The van der Waals surface area contributed by atoms with Crippen LogP contribution in [0.5, 0.6) is 0 Å². The van der Waals surface area contributed by atoms with Crippen molar-refractivity contribution in [2.24, 2.45) is 0 Å². The average Bonchev–Trinajstić information content (AvgIpc) is 3.23. The second kappa shape index (κ2) is 6.01. The Kier molecular flexibility index (Phi) is 4.55. The van der Waals surface area contributed by atoms with E-state index in [-0.39, 0.29) is 17.3 Å². The van der Waals surface area contributed by atoms with Gasteiger partial charge in [0.25, 0.3) is 0 Å². The molecule has 0 amide bonds. The molecular weight excluding hydrogens is 271 g/mol.